The first-order chi connectivity index (χ1) is 8.99. The minimum atomic E-state index is -0.630. The fraction of sp³-hybridized carbons (Fsp3) is 0.0714. The van der Waals surface area contributed by atoms with Crippen LogP contribution in [0.1, 0.15) is 17.3 Å². The number of hydrogen-bond acceptors (Lipinski definition) is 2. The largest absolute Gasteiger partial charge is 0.455 e. The molecule has 0 saturated carbocycles. The molecule has 98 valence electrons. The highest BCUT2D eigenvalue weighted by Crippen LogP contribution is 2.33. The van der Waals surface area contributed by atoms with Crippen molar-refractivity contribution in [2.45, 2.75) is 6.92 Å². The molecule has 0 amide bonds. The second-order valence-corrected chi connectivity index (χ2v) is 4.69. The molecule has 0 heterocycles. The van der Waals surface area contributed by atoms with Gasteiger partial charge in [-0.25, -0.2) is 4.39 Å². The summed E-state index contributed by atoms with van der Waals surface area (Å²) in [5.41, 5.74) is -0.103. The molecule has 0 spiro atoms. The van der Waals surface area contributed by atoms with Crippen molar-refractivity contribution in [1.82, 2.24) is 0 Å². The topological polar surface area (TPSA) is 26.3 Å². The Hall–Kier alpha value is -1.58. The Labute approximate surface area is 119 Å². The normalized spacial score (nSPS) is 10.3. The summed E-state index contributed by atoms with van der Waals surface area (Å²) in [4.78, 5) is 11.4. The molecule has 2 aromatic rings. The number of ketones is 1. The van der Waals surface area contributed by atoms with Crippen LogP contribution in [0.15, 0.2) is 36.4 Å². The van der Waals surface area contributed by atoms with Crippen LogP contribution in [0.5, 0.6) is 11.5 Å². The third-order valence-electron chi connectivity index (χ3n) is 2.44. The van der Waals surface area contributed by atoms with Gasteiger partial charge in [0.25, 0.3) is 0 Å². The first-order valence-electron chi connectivity index (χ1n) is 5.41. The molecule has 0 aliphatic carbocycles. The zero-order valence-electron chi connectivity index (χ0n) is 9.91. The molecule has 5 heteroatoms. The molecule has 0 fully saturated rings. The summed E-state index contributed by atoms with van der Waals surface area (Å²) < 4.78 is 19.1. The van der Waals surface area contributed by atoms with E-state index in [1.54, 1.807) is 12.1 Å². The number of benzene rings is 2. The fourth-order valence-electron chi connectivity index (χ4n) is 1.61. The van der Waals surface area contributed by atoms with Gasteiger partial charge in [-0.15, -0.1) is 0 Å². The molecule has 2 rings (SSSR count). The maximum Gasteiger partial charge on any atom is 0.166 e. The van der Waals surface area contributed by atoms with Gasteiger partial charge in [0.1, 0.15) is 17.3 Å². The van der Waals surface area contributed by atoms with Crippen molar-refractivity contribution in [2.75, 3.05) is 0 Å². The van der Waals surface area contributed by atoms with Gasteiger partial charge < -0.3 is 4.74 Å². The van der Waals surface area contributed by atoms with Crippen molar-refractivity contribution in [3.8, 4) is 11.5 Å². The maximum atomic E-state index is 13.6. The van der Waals surface area contributed by atoms with E-state index in [9.17, 15) is 9.18 Å². The summed E-state index contributed by atoms with van der Waals surface area (Å²) in [6, 6.07) is 8.82. The molecule has 0 atom stereocenters. The number of hydrogen-bond donors (Lipinski definition) is 0. The Morgan fingerprint density at radius 3 is 2.53 bits per heavy atom. The van der Waals surface area contributed by atoms with Crippen LogP contribution >= 0.6 is 23.2 Å². The lowest BCUT2D eigenvalue weighted by Gasteiger charge is -2.11. The highest BCUT2D eigenvalue weighted by molar-refractivity contribution is 6.35. The maximum absolute atomic E-state index is 13.6. The van der Waals surface area contributed by atoms with E-state index in [1.165, 1.54) is 31.2 Å². The van der Waals surface area contributed by atoms with Crippen LogP contribution in [0.4, 0.5) is 4.39 Å². The van der Waals surface area contributed by atoms with Crippen LogP contribution in [-0.4, -0.2) is 5.78 Å². The Balaban J connectivity index is 2.44. The van der Waals surface area contributed by atoms with Crippen LogP contribution in [0, 0.1) is 5.82 Å². The quantitative estimate of drug-likeness (QED) is 0.735. The minimum absolute atomic E-state index is 0.103. The summed E-state index contributed by atoms with van der Waals surface area (Å²) in [6.45, 7) is 1.27. The molecular formula is C14H9Cl2FO2. The first kappa shape index (κ1) is 13.8. The van der Waals surface area contributed by atoms with Gasteiger partial charge >= 0.3 is 0 Å². The number of halogens is 3. The standard InChI is InChI=1S/C14H9Cl2FO2/c1-8(18)14-11(17)3-2-4-13(14)19-12-6-5-9(15)7-10(12)16/h2-7H,1H3. The van der Waals surface area contributed by atoms with Crippen molar-refractivity contribution >= 4 is 29.0 Å². The average Bonchev–Trinajstić information content (AvgIpc) is 2.32. The molecule has 0 radical (unpaired) electrons. The van der Waals surface area contributed by atoms with Crippen LogP contribution in [0.25, 0.3) is 0 Å². The monoisotopic (exact) mass is 298 g/mol. The van der Waals surface area contributed by atoms with Crippen LogP contribution in [0.2, 0.25) is 10.0 Å². The summed E-state index contributed by atoms with van der Waals surface area (Å²) >= 11 is 11.7. The zero-order chi connectivity index (χ0) is 14.0. The lowest BCUT2D eigenvalue weighted by atomic mass is 10.1. The van der Waals surface area contributed by atoms with E-state index >= 15 is 0 Å². The number of rotatable bonds is 3. The van der Waals surface area contributed by atoms with Gasteiger partial charge in [-0.1, -0.05) is 29.3 Å². The SMILES string of the molecule is CC(=O)c1c(F)cccc1Oc1ccc(Cl)cc1Cl. The van der Waals surface area contributed by atoms with Gasteiger partial charge in [0.05, 0.1) is 10.6 Å². The van der Waals surface area contributed by atoms with Crippen LogP contribution in [0.3, 0.4) is 0 Å². The first-order valence-corrected chi connectivity index (χ1v) is 6.17. The third-order valence-corrected chi connectivity index (χ3v) is 2.97. The van der Waals surface area contributed by atoms with Gasteiger partial charge in [0.15, 0.2) is 5.78 Å². The van der Waals surface area contributed by atoms with Gasteiger partial charge in [0, 0.05) is 5.02 Å². The minimum Gasteiger partial charge on any atom is -0.455 e. The Kier molecular flexibility index (Phi) is 4.08. The smallest absolute Gasteiger partial charge is 0.166 e. The second-order valence-electron chi connectivity index (χ2n) is 3.85. The van der Waals surface area contributed by atoms with Crippen molar-refractivity contribution in [3.05, 3.63) is 57.8 Å². The van der Waals surface area contributed by atoms with Crippen molar-refractivity contribution in [1.29, 1.82) is 0 Å². The zero-order valence-corrected chi connectivity index (χ0v) is 11.4. The summed E-state index contributed by atoms with van der Waals surface area (Å²) in [7, 11) is 0. The molecule has 19 heavy (non-hydrogen) atoms. The van der Waals surface area contributed by atoms with Gasteiger partial charge in [-0.3, -0.25) is 4.79 Å². The predicted molar refractivity (Wildman–Crippen MR) is 72.9 cm³/mol. The van der Waals surface area contributed by atoms with E-state index < -0.39 is 11.6 Å². The van der Waals surface area contributed by atoms with Crippen molar-refractivity contribution in [2.24, 2.45) is 0 Å². The van der Waals surface area contributed by atoms with E-state index in [4.69, 9.17) is 27.9 Å². The molecule has 0 aliphatic heterocycles. The Morgan fingerprint density at radius 2 is 1.89 bits per heavy atom. The van der Waals surface area contributed by atoms with E-state index in [-0.39, 0.29) is 16.3 Å². The molecule has 0 bridgehead atoms. The molecule has 0 aromatic heterocycles. The van der Waals surface area contributed by atoms with E-state index in [1.807, 2.05) is 0 Å². The molecule has 0 N–H and O–H groups in total. The van der Waals surface area contributed by atoms with Gasteiger partial charge in [-0.05, 0) is 37.3 Å². The number of ether oxygens (including phenoxy) is 1. The van der Waals surface area contributed by atoms with Crippen molar-refractivity contribution in [3.63, 3.8) is 0 Å². The van der Waals surface area contributed by atoms with E-state index in [0.29, 0.717) is 10.8 Å². The average molecular weight is 299 g/mol. The third kappa shape index (κ3) is 3.06. The molecule has 2 aromatic carbocycles. The molecule has 2 nitrogen and oxygen atoms in total. The molecule has 0 saturated heterocycles. The Morgan fingerprint density at radius 1 is 1.16 bits per heavy atom. The van der Waals surface area contributed by atoms with Crippen LogP contribution in [-0.2, 0) is 0 Å². The molecule has 0 aliphatic rings. The molecular weight excluding hydrogens is 290 g/mol. The number of carbonyl (C=O) groups is 1. The summed E-state index contributed by atoms with van der Waals surface area (Å²) in [6.07, 6.45) is 0. The van der Waals surface area contributed by atoms with Gasteiger partial charge in [-0.2, -0.15) is 0 Å². The fourth-order valence-corrected chi connectivity index (χ4v) is 2.05. The van der Waals surface area contributed by atoms with Crippen LogP contribution < -0.4 is 4.74 Å². The van der Waals surface area contributed by atoms with Gasteiger partial charge in [0.2, 0.25) is 0 Å². The number of carbonyl (C=O) groups excluding carboxylic acids is 1. The lowest BCUT2D eigenvalue weighted by molar-refractivity contribution is 0.101. The highest BCUT2D eigenvalue weighted by Gasteiger charge is 2.15. The van der Waals surface area contributed by atoms with E-state index in [2.05, 4.69) is 0 Å². The second kappa shape index (κ2) is 5.59. The molecule has 0 unspecified atom stereocenters. The van der Waals surface area contributed by atoms with E-state index in [0.717, 1.165) is 0 Å². The predicted octanol–water partition coefficient (Wildman–Crippen LogP) is 5.13. The summed E-state index contributed by atoms with van der Waals surface area (Å²) in [5, 5.41) is 0.745. The Bertz CT molecular complexity index is 641. The van der Waals surface area contributed by atoms with Crippen molar-refractivity contribution < 1.29 is 13.9 Å². The lowest BCUT2D eigenvalue weighted by Crippen LogP contribution is -2.01. The number of Topliss-reactive ketones (excluding diaryl/α,β-unsaturated/α-hetero) is 1. The summed E-state index contributed by atoms with van der Waals surface area (Å²) in [5.74, 6) is -0.621. The highest BCUT2D eigenvalue weighted by atomic mass is 35.5.